The van der Waals surface area contributed by atoms with Crippen molar-refractivity contribution in [3.05, 3.63) is 23.7 Å². The van der Waals surface area contributed by atoms with Gasteiger partial charge in [-0.05, 0) is 32.4 Å². The van der Waals surface area contributed by atoms with Crippen molar-refractivity contribution < 1.29 is 9.21 Å². The summed E-state index contributed by atoms with van der Waals surface area (Å²) in [6.07, 6.45) is 3.87. The fourth-order valence-electron chi connectivity index (χ4n) is 1.83. The number of aryl methyl sites for hydroxylation is 1. The van der Waals surface area contributed by atoms with Crippen molar-refractivity contribution in [2.45, 2.75) is 25.8 Å². The first-order valence-corrected chi connectivity index (χ1v) is 5.33. The number of hydrogen-bond acceptors (Lipinski definition) is 3. The number of carbonyl (C=O) groups is 1. The molecule has 1 amide bonds. The van der Waals surface area contributed by atoms with Crippen molar-refractivity contribution >= 4 is 18.3 Å². The Kier molecular flexibility index (Phi) is 4.83. The molecule has 1 aliphatic rings. The van der Waals surface area contributed by atoms with E-state index in [1.165, 1.54) is 12.7 Å². The van der Waals surface area contributed by atoms with Gasteiger partial charge in [0.05, 0.1) is 6.26 Å². The van der Waals surface area contributed by atoms with Gasteiger partial charge in [-0.15, -0.1) is 12.4 Å². The third-order valence-electron chi connectivity index (χ3n) is 2.74. The number of furan rings is 1. The van der Waals surface area contributed by atoms with Crippen molar-refractivity contribution in [2.24, 2.45) is 0 Å². The molecule has 16 heavy (non-hydrogen) atoms. The van der Waals surface area contributed by atoms with E-state index in [4.69, 9.17) is 4.42 Å². The molecule has 1 aliphatic heterocycles. The third-order valence-corrected chi connectivity index (χ3v) is 2.74. The van der Waals surface area contributed by atoms with E-state index in [-0.39, 0.29) is 18.3 Å². The van der Waals surface area contributed by atoms with Gasteiger partial charge in [-0.25, -0.2) is 0 Å². The van der Waals surface area contributed by atoms with Crippen LogP contribution in [0.1, 0.15) is 29.0 Å². The molecule has 1 saturated heterocycles. The number of halogens is 1. The summed E-state index contributed by atoms with van der Waals surface area (Å²) < 4.78 is 5.11. The SMILES string of the molecule is Cc1ccoc1C(=O)NCC1CCCN1.Cl. The van der Waals surface area contributed by atoms with Crippen LogP contribution in [0.5, 0.6) is 0 Å². The van der Waals surface area contributed by atoms with Crippen LogP contribution in [-0.2, 0) is 0 Å². The lowest BCUT2D eigenvalue weighted by atomic mass is 10.2. The molecule has 0 aliphatic carbocycles. The largest absolute Gasteiger partial charge is 0.459 e. The van der Waals surface area contributed by atoms with Crippen LogP contribution in [0.15, 0.2) is 16.7 Å². The van der Waals surface area contributed by atoms with E-state index in [2.05, 4.69) is 10.6 Å². The highest BCUT2D eigenvalue weighted by Crippen LogP contribution is 2.09. The molecule has 90 valence electrons. The van der Waals surface area contributed by atoms with Gasteiger partial charge < -0.3 is 15.1 Å². The van der Waals surface area contributed by atoms with Gasteiger partial charge in [-0.1, -0.05) is 0 Å². The molecule has 0 aromatic carbocycles. The Morgan fingerprint density at radius 2 is 2.50 bits per heavy atom. The van der Waals surface area contributed by atoms with Gasteiger partial charge in [0.1, 0.15) is 0 Å². The summed E-state index contributed by atoms with van der Waals surface area (Å²) in [5.74, 6) is 0.305. The van der Waals surface area contributed by atoms with E-state index < -0.39 is 0 Å². The standard InChI is InChI=1S/C11H16N2O2.ClH/c1-8-4-6-15-10(8)11(14)13-7-9-3-2-5-12-9;/h4,6,9,12H,2-3,5,7H2,1H3,(H,13,14);1H. The summed E-state index contributed by atoms with van der Waals surface area (Å²) >= 11 is 0. The molecule has 2 N–H and O–H groups in total. The van der Waals surface area contributed by atoms with Crippen molar-refractivity contribution in [3.63, 3.8) is 0 Å². The van der Waals surface area contributed by atoms with Crippen LogP contribution in [0.25, 0.3) is 0 Å². The average molecular weight is 245 g/mol. The summed E-state index contributed by atoms with van der Waals surface area (Å²) in [6.45, 7) is 3.60. The average Bonchev–Trinajstić information content (AvgIpc) is 2.84. The van der Waals surface area contributed by atoms with E-state index in [0.29, 0.717) is 18.3 Å². The molecular weight excluding hydrogens is 228 g/mol. The number of amides is 1. The van der Waals surface area contributed by atoms with Crippen molar-refractivity contribution in [1.82, 2.24) is 10.6 Å². The van der Waals surface area contributed by atoms with Crippen LogP contribution in [0.2, 0.25) is 0 Å². The highest BCUT2D eigenvalue weighted by atomic mass is 35.5. The molecule has 0 bridgehead atoms. The lowest BCUT2D eigenvalue weighted by Crippen LogP contribution is -2.37. The number of hydrogen-bond donors (Lipinski definition) is 2. The highest BCUT2D eigenvalue weighted by Gasteiger charge is 2.17. The maximum absolute atomic E-state index is 11.7. The second-order valence-corrected chi connectivity index (χ2v) is 3.94. The Bertz CT molecular complexity index is 346. The third kappa shape index (κ3) is 3.00. The smallest absolute Gasteiger partial charge is 0.287 e. The minimum Gasteiger partial charge on any atom is -0.459 e. The zero-order chi connectivity index (χ0) is 10.7. The predicted molar refractivity (Wildman–Crippen MR) is 64.1 cm³/mol. The van der Waals surface area contributed by atoms with Crippen LogP contribution in [0, 0.1) is 6.92 Å². The first-order chi connectivity index (χ1) is 7.27. The Balaban J connectivity index is 0.00000128. The summed E-state index contributed by atoms with van der Waals surface area (Å²) in [6, 6.07) is 2.21. The van der Waals surface area contributed by atoms with E-state index in [1.807, 2.05) is 6.92 Å². The minimum atomic E-state index is -0.119. The van der Waals surface area contributed by atoms with Crippen molar-refractivity contribution in [1.29, 1.82) is 0 Å². The molecule has 1 atom stereocenters. The fraction of sp³-hybridized carbons (Fsp3) is 0.545. The topological polar surface area (TPSA) is 54.3 Å². The summed E-state index contributed by atoms with van der Waals surface area (Å²) in [4.78, 5) is 11.7. The quantitative estimate of drug-likeness (QED) is 0.847. The lowest BCUT2D eigenvalue weighted by Gasteiger charge is -2.10. The van der Waals surface area contributed by atoms with E-state index >= 15 is 0 Å². The normalized spacial score (nSPS) is 19.2. The van der Waals surface area contributed by atoms with Crippen molar-refractivity contribution in [2.75, 3.05) is 13.1 Å². The molecular formula is C11H17ClN2O2. The summed E-state index contributed by atoms with van der Waals surface area (Å²) in [7, 11) is 0. The second kappa shape index (κ2) is 5.92. The van der Waals surface area contributed by atoms with E-state index in [1.54, 1.807) is 6.07 Å². The molecule has 4 nitrogen and oxygen atoms in total. The number of rotatable bonds is 3. The van der Waals surface area contributed by atoms with Crippen molar-refractivity contribution in [3.8, 4) is 0 Å². The van der Waals surface area contributed by atoms with Crippen LogP contribution in [0.4, 0.5) is 0 Å². The Morgan fingerprint density at radius 3 is 3.06 bits per heavy atom. The minimum absolute atomic E-state index is 0. The first-order valence-electron chi connectivity index (χ1n) is 5.33. The molecule has 1 aromatic rings. The summed E-state index contributed by atoms with van der Waals surface area (Å²) in [5, 5.41) is 6.20. The maximum atomic E-state index is 11.7. The number of nitrogens with one attached hydrogen (secondary N) is 2. The van der Waals surface area contributed by atoms with Gasteiger partial charge in [-0.2, -0.15) is 0 Å². The van der Waals surface area contributed by atoms with Gasteiger partial charge in [0, 0.05) is 18.2 Å². The Labute approximate surface area is 101 Å². The highest BCUT2D eigenvalue weighted by molar-refractivity contribution is 5.92. The first kappa shape index (κ1) is 13.1. The maximum Gasteiger partial charge on any atom is 0.287 e. The molecule has 2 heterocycles. The predicted octanol–water partition coefficient (Wildman–Crippen LogP) is 1.49. The van der Waals surface area contributed by atoms with Crippen LogP contribution < -0.4 is 10.6 Å². The van der Waals surface area contributed by atoms with Crippen LogP contribution in [0.3, 0.4) is 0 Å². The monoisotopic (exact) mass is 244 g/mol. The molecule has 0 radical (unpaired) electrons. The van der Waals surface area contributed by atoms with E-state index in [0.717, 1.165) is 18.5 Å². The second-order valence-electron chi connectivity index (χ2n) is 3.94. The molecule has 0 saturated carbocycles. The van der Waals surface area contributed by atoms with Gasteiger partial charge >= 0.3 is 0 Å². The van der Waals surface area contributed by atoms with Crippen LogP contribution >= 0.6 is 12.4 Å². The molecule has 1 unspecified atom stereocenters. The van der Waals surface area contributed by atoms with Gasteiger partial charge in [0.25, 0.3) is 5.91 Å². The molecule has 5 heteroatoms. The fourth-order valence-corrected chi connectivity index (χ4v) is 1.83. The zero-order valence-corrected chi connectivity index (χ0v) is 10.1. The molecule has 1 fully saturated rings. The van der Waals surface area contributed by atoms with Gasteiger partial charge in [-0.3, -0.25) is 4.79 Å². The zero-order valence-electron chi connectivity index (χ0n) is 9.29. The lowest BCUT2D eigenvalue weighted by molar-refractivity contribution is 0.0921. The Hall–Kier alpha value is -1.00. The van der Waals surface area contributed by atoms with Gasteiger partial charge in [0.15, 0.2) is 5.76 Å². The number of carbonyl (C=O) groups excluding carboxylic acids is 1. The summed E-state index contributed by atoms with van der Waals surface area (Å²) in [5.41, 5.74) is 0.881. The Morgan fingerprint density at radius 1 is 1.69 bits per heavy atom. The van der Waals surface area contributed by atoms with Gasteiger partial charge in [0.2, 0.25) is 0 Å². The van der Waals surface area contributed by atoms with Crippen LogP contribution in [-0.4, -0.2) is 25.0 Å². The molecule has 0 spiro atoms. The molecule has 2 rings (SSSR count). The molecule has 1 aromatic heterocycles. The van der Waals surface area contributed by atoms with E-state index in [9.17, 15) is 4.79 Å².